The molecule has 1 aliphatic rings. The summed E-state index contributed by atoms with van der Waals surface area (Å²) in [5, 5.41) is 0. The third kappa shape index (κ3) is 2.68. The van der Waals surface area contributed by atoms with Crippen molar-refractivity contribution in [1.29, 1.82) is 0 Å². The van der Waals surface area contributed by atoms with E-state index in [4.69, 9.17) is 4.74 Å². The molecule has 0 saturated heterocycles. The fourth-order valence-corrected chi connectivity index (χ4v) is 0.944. The number of ether oxygens (including phenoxy) is 1. The van der Waals surface area contributed by atoms with Gasteiger partial charge in [-0.25, -0.2) is 0 Å². The van der Waals surface area contributed by atoms with Gasteiger partial charge in [0, 0.05) is 0 Å². The maximum Gasteiger partial charge on any atom is 0.311 e. The van der Waals surface area contributed by atoms with Crippen LogP contribution in [0.4, 0.5) is 0 Å². The lowest BCUT2D eigenvalue weighted by Gasteiger charge is -2.19. The van der Waals surface area contributed by atoms with E-state index < -0.39 is 5.41 Å². The van der Waals surface area contributed by atoms with Gasteiger partial charge in [-0.1, -0.05) is 0 Å². The highest BCUT2D eigenvalue weighted by atomic mass is 16.5. The first-order valence-electron chi connectivity index (χ1n) is 4.32. The van der Waals surface area contributed by atoms with E-state index in [9.17, 15) is 9.59 Å². The maximum absolute atomic E-state index is 11.4. The number of rotatable bonds is 1. The summed E-state index contributed by atoms with van der Waals surface area (Å²) in [6.45, 7) is 5.36. The Labute approximate surface area is 77.8 Å². The minimum Gasteiger partial charge on any atom is -0.457 e. The second kappa shape index (κ2) is 3.32. The Morgan fingerprint density at radius 3 is 2.54 bits per heavy atom. The Kier molecular flexibility index (Phi) is 2.55. The van der Waals surface area contributed by atoms with Gasteiger partial charge in [-0.15, -0.1) is 0 Å². The molecule has 72 valence electrons. The highest BCUT2D eigenvalue weighted by molar-refractivity contribution is 5.93. The van der Waals surface area contributed by atoms with E-state index in [1.165, 1.54) is 6.08 Å². The monoisotopic (exact) mass is 182 g/mol. The van der Waals surface area contributed by atoms with Crippen LogP contribution in [0.1, 0.15) is 27.2 Å². The van der Waals surface area contributed by atoms with E-state index in [1.54, 1.807) is 26.8 Å². The van der Waals surface area contributed by atoms with Crippen LogP contribution in [-0.2, 0) is 14.3 Å². The van der Waals surface area contributed by atoms with Crippen molar-refractivity contribution >= 4 is 11.8 Å². The average molecular weight is 182 g/mol. The molecule has 13 heavy (non-hydrogen) atoms. The average Bonchev–Trinajstić information content (AvgIpc) is 2.33. The molecule has 0 aliphatic heterocycles. The van der Waals surface area contributed by atoms with Gasteiger partial charge in [0.25, 0.3) is 0 Å². The van der Waals surface area contributed by atoms with Crippen LogP contribution in [0.15, 0.2) is 12.2 Å². The molecular formula is C10H14O3. The van der Waals surface area contributed by atoms with Crippen LogP contribution in [0, 0.1) is 5.41 Å². The highest BCUT2D eigenvalue weighted by Gasteiger charge is 2.27. The van der Waals surface area contributed by atoms with Crippen molar-refractivity contribution in [2.75, 3.05) is 0 Å². The summed E-state index contributed by atoms with van der Waals surface area (Å²) in [5.41, 5.74) is -0.501. The van der Waals surface area contributed by atoms with Gasteiger partial charge in [-0.3, -0.25) is 9.59 Å². The molecule has 3 heteroatoms. The van der Waals surface area contributed by atoms with Gasteiger partial charge in [0.15, 0.2) is 5.78 Å². The van der Waals surface area contributed by atoms with Crippen molar-refractivity contribution < 1.29 is 14.3 Å². The fraction of sp³-hybridized carbons (Fsp3) is 0.600. The molecule has 0 saturated carbocycles. The Morgan fingerprint density at radius 2 is 2.15 bits per heavy atom. The lowest BCUT2D eigenvalue weighted by atomic mass is 9.97. The van der Waals surface area contributed by atoms with E-state index in [1.807, 2.05) is 0 Å². The molecule has 0 aromatic carbocycles. The Hall–Kier alpha value is -1.12. The van der Waals surface area contributed by atoms with Gasteiger partial charge < -0.3 is 4.74 Å². The number of allylic oxidation sites excluding steroid dienone is 1. The predicted octanol–water partition coefficient (Wildman–Crippen LogP) is 1.47. The van der Waals surface area contributed by atoms with Gasteiger partial charge >= 0.3 is 5.97 Å². The third-order valence-electron chi connectivity index (χ3n) is 1.77. The molecule has 0 aromatic heterocycles. The van der Waals surface area contributed by atoms with Gasteiger partial charge in [-0.2, -0.15) is 0 Å². The number of hydrogen-bond donors (Lipinski definition) is 0. The normalized spacial score (nSPS) is 22.1. The molecule has 0 heterocycles. The van der Waals surface area contributed by atoms with Crippen molar-refractivity contribution in [2.45, 2.75) is 33.3 Å². The Bertz CT molecular complexity index is 258. The van der Waals surface area contributed by atoms with Gasteiger partial charge in [0.05, 0.1) is 11.8 Å². The van der Waals surface area contributed by atoms with E-state index in [0.717, 1.165) is 0 Å². The number of ketones is 1. The number of carbonyl (C=O) groups excluding carboxylic acids is 2. The standard InChI is InChI=1S/C10H14O3/c1-10(2,3)9(12)13-8-5-4-7(11)6-8/h4-5,8H,6H2,1-3H3/t8-/m1/s1. The molecule has 1 aliphatic carbocycles. The molecule has 0 amide bonds. The summed E-state index contributed by atoms with van der Waals surface area (Å²) in [7, 11) is 0. The van der Waals surface area contributed by atoms with E-state index in [-0.39, 0.29) is 17.9 Å². The molecular weight excluding hydrogens is 168 g/mol. The van der Waals surface area contributed by atoms with Gasteiger partial charge in [0.2, 0.25) is 0 Å². The second-order valence-electron chi connectivity index (χ2n) is 4.22. The van der Waals surface area contributed by atoms with Crippen LogP contribution < -0.4 is 0 Å². The summed E-state index contributed by atoms with van der Waals surface area (Å²) in [4.78, 5) is 22.2. The van der Waals surface area contributed by atoms with Crippen molar-refractivity contribution in [3.05, 3.63) is 12.2 Å². The lowest BCUT2D eigenvalue weighted by Crippen LogP contribution is -2.27. The van der Waals surface area contributed by atoms with Crippen LogP contribution in [0.2, 0.25) is 0 Å². The van der Waals surface area contributed by atoms with Crippen LogP contribution in [0.5, 0.6) is 0 Å². The molecule has 3 nitrogen and oxygen atoms in total. The van der Waals surface area contributed by atoms with Crippen molar-refractivity contribution in [3.8, 4) is 0 Å². The quantitative estimate of drug-likeness (QED) is 0.577. The molecule has 0 N–H and O–H groups in total. The third-order valence-corrected chi connectivity index (χ3v) is 1.77. The van der Waals surface area contributed by atoms with Gasteiger partial charge in [-0.05, 0) is 32.9 Å². The van der Waals surface area contributed by atoms with Crippen molar-refractivity contribution in [3.63, 3.8) is 0 Å². The van der Waals surface area contributed by atoms with Crippen LogP contribution >= 0.6 is 0 Å². The van der Waals surface area contributed by atoms with E-state index in [0.29, 0.717) is 6.42 Å². The van der Waals surface area contributed by atoms with Gasteiger partial charge in [0.1, 0.15) is 6.10 Å². The first-order chi connectivity index (χ1) is 5.89. The maximum atomic E-state index is 11.4. The SMILES string of the molecule is CC(C)(C)C(=O)O[C@@H]1C=CC(=O)C1. The minimum atomic E-state index is -0.501. The summed E-state index contributed by atoms with van der Waals surface area (Å²) >= 11 is 0. The highest BCUT2D eigenvalue weighted by Crippen LogP contribution is 2.19. The molecule has 0 bridgehead atoms. The fourth-order valence-electron chi connectivity index (χ4n) is 0.944. The van der Waals surface area contributed by atoms with Crippen LogP contribution in [-0.4, -0.2) is 17.9 Å². The van der Waals surface area contributed by atoms with E-state index >= 15 is 0 Å². The van der Waals surface area contributed by atoms with Crippen LogP contribution in [0.25, 0.3) is 0 Å². The van der Waals surface area contributed by atoms with Crippen LogP contribution in [0.3, 0.4) is 0 Å². The Balaban J connectivity index is 2.47. The molecule has 1 rings (SSSR count). The molecule has 1 atom stereocenters. The number of esters is 1. The van der Waals surface area contributed by atoms with E-state index in [2.05, 4.69) is 0 Å². The lowest BCUT2D eigenvalue weighted by molar-refractivity contribution is -0.156. The first-order valence-corrected chi connectivity index (χ1v) is 4.32. The summed E-state index contributed by atoms with van der Waals surface area (Å²) in [6.07, 6.45) is 3.04. The number of carbonyl (C=O) groups is 2. The molecule has 0 spiro atoms. The first kappa shape index (κ1) is 9.96. The zero-order chi connectivity index (χ0) is 10.1. The zero-order valence-electron chi connectivity index (χ0n) is 8.16. The van der Waals surface area contributed by atoms with Crippen molar-refractivity contribution in [1.82, 2.24) is 0 Å². The summed E-state index contributed by atoms with van der Waals surface area (Å²) in [6, 6.07) is 0. The topological polar surface area (TPSA) is 43.4 Å². The second-order valence-corrected chi connectivity index (χ2v) is 4.22. The predicted molar refractivity (Wildman–Crippen MR) is 48.1 cm³/mol. The minimum absolute atomic E-state index is 0.0201. The summed E-state index contributed by atoms with van der Waals surface area (Å²) in [5.74, 6) is -0.247. The molecule has 0 unspecified atom stereocenters. The molecule has 0 aromatic rings. The van der Waals surface area contributed by atoms with Crippen molar-refractivity contribution in [2.24, 2.45) is 5.41 Å². The Morgan fingerprint density at radius 1 is 1.54 bits per heavy atom. The zero-order valence-corrected chi connectivity index (χ0v) is 8.16. The molecule has 0 radical (unpaired) electrons. The number of hydrogen-bond acceptors (Lipinski definition) is 3. The molecule has 0 fully saturated rings. The summed E-state index contributed by atoms with van der Waals surface area (Å²) < 4.78 is 5.10. The largest absolute Gasteiger partial charge is 0.457 e. The smallest absolute Gasteiger partial charge is 0.311 e.